The molecule has 0 spiro atoms. The molecule has 0 bridgehead atoms. The molecule has 0 radical (unpaired) electrons. The molecule has 1 aliphatic rings. The van der Waals surface area contributed by atoms with Crippen molar-refractivity contribution >= 4 is 0 Å². The minimum absolute atomic E-state index is 0.275. The molecule has 0 aliphatic carbocycles. The lowest BCUT2D eigenvalue weighted by Crippen LogP contribution is -2.46. The van der Waals surface area contributed by atoms with Gasteiger partial charge in [0.05, 0.1) is 6.61 Å². The first kappa shape index (κ1) is 13.5. The highest BCUT2D eigenvalue weighted by atomic mass is 16.3. The zero-order chi connectivity index (χ0) is 13.0. The number of aliphatic hydroxyl groups is 1. The van der Waals surface area contributed by atoms with Gasteiger partial charge in [0, 0.05) is 39.3 Å². The van der Waals surface area contributed by atoms with Gasteiger partial charge in [-0.1, -0.05) is 23.8 Å². The second kappa shape index (κ2) is 6.32. The van der Waals surface area contributed by atoms with Crippen LogP contribution in [-0.2, 0) is 6.54 Å². The van der Waals surface area contributed by atoms with Gasteiger partial charge >= 0.3 is 0 Å². The van der Waals surface area contributed by atoms with E-state index in [-0.39, 0.29) is 6.61 Å². The Kier molecular flexibility index (Phi) is 4.75. The molecule has 2 rings (SSSR count). The molecule has 0 amide bonds. The normalized spacial score (nSPS) is 18.2. The van der Waals surface area contributed by atoms with E-state index in [1.54, 1.807) is 0 Å². The highest BCUT2D eigenvalue weighted by Crippen LogP contribution is 2.14. The summed E-state index contributed by atoms with van der Waals surface area (Å²) in [6, 6.07) is 6.69. The fraction of sp³-hybridized carbons (Fsp3) is 0.600. The van der Waals surface area contributed by atoms with Crippen LogP contribution in [0.2, 0.25) is 0 Å². The molecule has 0 unspecified atom stereocenters. The summed E-state index contributed by atoms with van der Waals surface area (Å²) in [5.41, 5.74) is 4.18. The van der Waals surface area contributed by atoms with Crippen LogP contribution in [0.25, 0.3) is 0 Å². The summed E-state index contributed by atoms with van der Waals surface area (Å²) >= 11 is 0. The van der Waals surface area contributed by atoms with Crippen LogP contribution in [-0.4, -0.2) is 54.2 Å². The monoisotopic (exact) mass is 248 g/mol. The van der Waals surface area contributed by atoms with Gasteiger partial charge in [-0.25, -0.2) is 0 Å². The molecule has 0 aromatic heterocycles. The lowest BCUT2D eigenvalue weighted by molar-refractivity contribution is 0.108. The Morgan fingerprint density at radius 2 is 1.72 bits per heavy atom. The molecular formula is C15H24N2O. The number of benzene rings is 1. The number of rotatable bonds is 4. The Balaban J connectivity index is 1.89. The van der Waals surface area contributed by atoms with Crippen molar-refractivity contribution in [3.05, 3.63) is 34.9 Å². The summed E-state index contributed by atoms with van der Waals surface area (Å²) in [5.74, 6) is 0. The van der Waals surface area contributed by atoms with E-state index >= 15 is 0 Å². The minimum Gasteiger partial charge on any atom is -0.395 e. The molecule has 0 atom stereocenters. The van der Waals surface area contributed by atoms with Crippen molar-refractivity contribution in [3.8, 4) is 0 Å². The van der Waals surface area contributed by atoms with Crippen LogP contribution in [0.3, 0.4) is 0 Å². The summed E-state index contributed by atoms with van der Waals surface area (Å²) < 4.78 is 0. The molecule has 1 N–H and O–H groups in total. The predicted octanol–water partition coefficient (Wildman–Crippen LogP) is 1.41. The van der Waals surface area contributed by atoms with Crippen LogP contribution < -0.4 is 0 Å². The number of hydrogen-bond acceptors (Lipinski definition) is 3. The molecule has 3 nitrogen and oxygen atoms in total. The molecule has 1 fully saturated rings. The fourth-order valence-electron chi connectivity index (χ4n) is 2.52. The van der Waals surface area contributed by atoms with Crippen molar-refractivity contribution in [3.63, 3.8) is 0 Å². The van der Waals surface area contributed by atoms with Crippen molar-refractivity contribution in [1.82, 2.24) is 9.80 Å². The molecule has 1 aromatic rings. The van der Waals surface area contributed by atoms with E-state index in [0.29, 0.717) is 0 Å². The summed E-state index contributed by atoms with van der Waals surface area (Å²) in [4.78, 5) is 4.84. The summed E-state index contributed by atoms with van der Waals surface area (Å²) in [5, 5.41) is 8.93. The number of aliphatic hydroxyl groups excluding tert-OH is 1. The molecule has 100 valence electrons. The molecular weight excluding hydrogens is 224 g/mol. The number of hydrogen-bond donors (Lipinski definition) is 1. The van der Waals surface area contributed by atoms with Gasteiger partial charge in [0.15, 0.2) is 0 Å². The SMILES string of the molecule is Cc1ccc(C)c(CN2CCN(CCO)CC2)c1. The van der Waals surface area contributed by atoms with Gasteiger partial charge in [0.25, 0.3) is 0 Å². The highest BCUT2D eigenvalue weighted by molar-refractivity contribution is 5.30. The van der Waals surface area contributed by atoms with E-state index in [9.17, 15) is 0 Å². The van der Waals surface area contributed by atoms with E-state index in [0.717, 1.165) is 39.3 Å². The number of aryl methyl sites for hydroxylation is 2. The quantitative estimate of drug-likeness (QED) is 0.873. The summed E-state index contributed by atoms with van der Waals surface area (Å²) in [7, 11) is 0. The van der Waals surface area contributed by atoms with Crippen LogP contribution in [0, 0.1) is 13.8 Å². The Hall–Kier alpha value is -0.900. The first-order valence-corrected chi connectivity index (χ1v) is 6.81. The van der Waals surface area contributed by atoms with Crippen molar-refractivity contribution in [2.45, 2.75) is 20.4 Å². The summed E-state index contributed by atoms with van der Waals surface area (Å²) in [6.45, 7) is 10.9. The van der Waals surface area contributed by atoms with Crippen molar-refractivity contribution in [1.29, 1.82) is 0 Å². The summed E-state index contributed by atoms with van der Waals surface area (Å²) in [6.07, 6.45) is 0. The fourth-order valence-corrected chi connectivity index (χ4v) is 2.52. The average Bonchev–Trinajstić information content (AvgIpc) is 2.37. The maximum absolute atomic E-state index is 8.93. The molecule has 1 aromatic carbocycles. The van der Waals surface area contributed by atoms with Crippen LogP contribution >= 0.6 is 0 Å². The Labute approximate surface area is 110 Å². The zero-order valence-corrected chi connectivity index (χ0v) is 11.5. The third-order valence-corrected chi connectivity index (χ3v) is 3.78. The Morgan fingerprint density at radius 1 is 1.06 bits per heavy atom. The molecule has 1 saturated heterocycles. The van der Waals surface area contributed by atoms with Crippen LogP contribution in [0.15, 0.2) is 18.2 Å². The van der Waals surface area contributed by atoms with E-state index < -0.39 is 0 Å². The predicted molar refractivity (Wildman–Crippen MR) is 74.7 cm³/mol. The smallest absolute Gasteiger partial charge is 0.0558 e. The first-order valence-electron chi connectivity index (χ1n) is 6.81. The second-order valence-electron chi connectivity index (χ2n) is 5.27. The van der Waals surface area contributed by atoms with Gasteiger partial charge in [0.2, 0.25) is 0 Å². The standard InChI is InChI=1S/C15H24N2O/c1-13-3-4-14(2)15(11-13)12-17-7-5-16(6-8-17)9-10-18/h3-4,11,18H,5-10,12H2,1-2H3. The van der Waals surface area contributed by atoms with Crippen LogP contribution in [0.4, 0.5) is 0 Å². The Morgan fingerprint density at radius 3 is 2.39 bits per heavy atom. The third kappa shape index (κ3) is 3.55. The van der Waals surface area contributed by atoms with E-state index in [2.05, 4.69) is 41.8 Å². The molecule has 1 aliphatic heterocycles. The van der Waals surface area contributed by atoms with Gasteiger partial charge in [-0.3, -0.25) is 9.80 Å². The van der Waals surface area contributed by atoms with Crippen LogP contribution in [0.5, 0.6) is 0 Å². The zero-order valence-electron chi connectivity index (χ0n) is 11.5. The van der Waals surface area contributed by atoms with Crippen molar-refractivity contribution in [2.24, 2.45) is 0 Å². The molecule has 18 heavy (non-hydrogen) atoms. The topological polar surface area (TPSA) is 26.7 Å². The minimum atomic E-state index is 0.275. The third-order valence-electron chi connectivity index (χ3n) is 3.78. The van der Waals surface area contributed by atoms with Gasteiger partial charge in [-0.2, -0.15) is 0 Å². The Bertz CT molecular complexity index is 384. The lowest BCUT2D eigenvalue weighted by Gasteiger charge is -2.34. The number of β-amino-alcohol motifs (C(OH)–C–C–N with tert-alkyl or cyclic N) is 1. The van der Waals surface area contributed by atoms with Crippen LogP contribution in [0.1, 0.15) is 16.7 Å². The first-order chi connectivity index (χ1) is 8.69. The van der Waals surface area contributed by atoms with E-state index in [1.807, 2.05) is 0 Å². The van der Waals surface area contributed by atoms with Gasteiger partial charge in [-0.05, 0) is 25.0 Å². The number of nitrogens with zero attached hydrogens (tertiary/aromatic N) is 2. The van der Waals surface area contributed by atoms with Gasteiger partial charge < -0.3 is 5.11 Å². The largest absolute Gasteiger partial charge is 0.395 e. The van der Waals surface area contributed by atoms with Crippen molar-refractivity contribution in [2.75, 3.05) is 39.3 Å². The molecule has 0 saturated carbocycles. The molecule has 1 heterocycles. The second-order valence-corrected chi connectivity index (χ2v) is 5.27. The molecule has 3 heteroatoms. The van der Waals surface area contributed by atoms with Gasteiger partial charge in [0.1, 0.15) is 0 Å². The maximum Gasteiger partial charge on any atom is 0.0558 e. The van der Waals surface area contributed by atoms with Crippen molar-refractivity contribution < 1.29 is 5.11 Å². The lowest BCUT2D eigenvalue weighted by atomic mass is 10.0. The van der Waals surface area contributed by atoms with E-state index in [1.165, 1.54) is 16.7 Å². The highest BCUT2D eigenvalue weighted by Gasteiger charge is 2.16. The van der Waals surface area contributed by atoms with Gasteiger partial charge in [-0.15, -0.1) is 0 Å². The average molecular weight is 248 g/mol. The van der Waals surface area contributed by atoms with E-state index in [4.69, 9.17) is 5.11 Å². The maximum atomic E-state index is 8.93. The number of piperazine rings is 1.